The van der Waals surface area contributed by atoms with Crippen LogP contribution in [0.4, 0.5) is 5.69 Å². The van der Waals surface area contributed by atoms with Gasteiger partial charge in [-0.25, -0.2) is 0 Å². The Balaban J connectivity index is 2.18. The van der Waals surface area contributed by atoms with Gasteiger partial charge in [0.2, 0.25) is 0 Å². The first-order chi connectivity index (χ1) is 7.81. The standard InChI is InChI=1S/C10H10N4OS/c11-5-7-3-1-2-4-8(7)12-10(15)9-6-16-14-13-9/h1-4,6H,5,11H2,(H,12,15). The van der Waals surface area contributed by atoms with Crippen molar-refractivity contribution >= 4 is 23.1 Å². The van der Waals surface area contributed by atoms with Crippen molar-refractivity contribution in [2.24, 2.45) is 5.73 Å². The van der Waals surface area contributed by atoms with Crippen LogP contribution in [0.2, 0.25) is 0 Å². The Labute approximate surface area is 96.5 Å². The van der Waals surface area contributed by atoms with Gasteiger partial charge in [-0.05, 0) is 23.2 Å². The number of benzene rings is 1. The molecular weight excluding hydrogens is 224 g/mol. The number of anilines is 1. The fraction of sp³-hybridized carbons (Fsp3) is 0.100. The predicted octanol–water partition coefficient (Wildman–Crippen LogP) is 1.25. The van der Waals surface area contributed by atoms with Gasteiger partial charge in [-0.1, -0.05) is 22.7 Å². The van der Waals surface area contributed by atoms with E-state index in [4.69, 9.17) is 5.73 Å². The Morgan fingerprint density at radius 1 is 1.44 bits per heavy atom. The Bertz CT molecular complexity index is 483. The number of nitrogens with zero attached hydrogens (tertiary/aromatic N) is 2. The van der Waals surface area contributed by atoms with Crippen LogP contribution in [-0.4, -0.2) is 15.5 Å². The highest BCUT2D eigenvalue weighted by Crippen LogP contribution is 2.15. The summed E-state index contributed by atoms with van der Waals surface area (Å²) in [5.74, 6) is -0.269. The summed E-state index contributed by atoms with van der Waals surface area (Å²) in [4.78, 5) is 11.7. The van der Waals surface area contributed by atoms with Crippen LogP contribution in [0, 0.1) is 0 Å². The Morgan fingerprint density at radius 2 is 2.25 bits per heavy atom. The first-order valence-electron chi connectivity index (χ1n) is 4.67. The Morgan fingerprint density at radius 3 is 2.94 bits per heavy atom. The largest absolute Gasteiger partial charge is 0.326 e. The molecule has 0 atom stereocenters. The van der Waals surface area contributed by atoms with E-state index < -0.39 is 0 Å². The molecule has 5 nitrogen and oxygen atoms in total. The molecule has 0 bridgehead atoms. The van der Waals surface area contributed by atoms with Gasteiger partial charge < -0.3 is 11.1 Å². The molecule has 2 aromatic rings. The quantitative estimate of drug-likeness (QED) is 0.837. The molecule has 0 aliphatic carbocycles. The van der Waals surface area contributed by atoms with Crippen LogP contribution >= 0.6 is 11.5 Å². The van der Waals surface area contributed by atoms with Gasteiger partial charge in [0.1, 0.15) is 0 Å². The first-order valence-corrected chi connectivity index (χ1v) is 5.51. The second-order valence-corrected chi connectivity index (χ2v) is 3.72. The van der Waals surface area contributed by atoms with Gasteiger partial charge in [0.25, 0.3) is 5.91 Å². The Hall–Kier alpha value is -1.79. The van der Waals surface area contributed by atoms with Crippen molar-refractivity contribution in [3.63, 3.8) is 0 Å². The zero-order valence-electron chi connectivity index (χ0n) is 8.38. The third kappa shape index (κ3) is 2.23. The van der Waals surface area contributed by atoms with Gasteiger partial charge in [-0.15, -0.1) is 5.10 Å². The predicted molar refractivity (Wildman–Crippen MR) is 62.2 cm³/mol. The lowest BCUT2D eigenvalue weighted by Crippen LogP contribution is -2.14. The lowest BCUT2D eigenvalue weighted by atomic mass is 10.2. The summed E-state index contributed by atoms with van der Waals surface area (Å²) in [5, 5.41) is 8.04. The molecule has 1 amide bonds. The van der Waals surface area contributed by atoms with E-state index in [2.05, 4.69) is 14.9 Å². The number of rotatable bonds is 3. The second-order valence-electron chi connectivity index (χ2n) is 3.11. The molecule has 0 saturated heterocycles. The van der Waals surface area contributed by atoms with Crippen molar-refractivity contribution in [1.29, 1.82) is 0 Å². The molecule has 2 rings (SSSR count). The molecule has 16 heavy (non-hydrogen) atoms. The van der Waals surface area contributed by atoms with E-state index >= 15 is 0 Å². The number of amides is 1. The molecule has 0 saturated carbocycles. The van der Waals surface area contributed by atoms with E-state index in [1.165, 1.54) is 0 Å². The molecule has 0 fully saturated rings. The summed E-state index contributed by atoms with van der Waals surface area (Å²) < 4.78 is 3.63. The molecule has 1 heterocycles. The zero-order chi connectivity index (χ0) is 11.4. The van der Waals surface area contributed by atoms with Crippen LogP contribution < -0.4 is 11.1 Å². The fourth-order valence-corrected chi connectivity index (χ4v) is 1.71. The molecule has 6 heteroatoms. The first kappa shape index (κ1) is 10.7. The summed E-state index contributed by atoms with van der Waals surface area (Å²) in [6.07, 6.45) is 0. The van der Waals surface area contributed by atoms with Crippen molar-refractivity contribution in [1.82, 2.24) is 9.59 Å². The molecule has 1 aromatic heterocycles. The molecule has 82 valence electrons. The number of carbonyl (C=O) groups excluding carboxylic acids is 1. The molecule has 1 aromatic carbocycles. The molecule has 3 N–H and O–H groups in total. The number of nitrogens with two attached hydrogens (primary N) is 1. The van der Waals surface area contributed by atoms with Crippen LogP contribution in [-0.2, 0) is 6.54 Å². The normalized spacial score (nSPS) is 10.1. The summed E-state index contributed by atoms with van der Waals surface area (Å²) >= 11 is 1.14. The van der Waals surface area contributed by atoms with Crippen molar-refractivity contribution in [2.45, 2.75) is 6.54 Å². The van der Waals surface area contributed by atoms with Gasteiger partial charge in [0.15, 0.2) is 5.69 Å². The van der Waals surface area contributed by atoms with E-state index in [9.17, 15) is 4.79 Å². The van der Waals surface area contributed by atoms with Gasteiger partial charge in [-0.2, -0.15) is 0 Å². The van der Waals surface area contributed by atoms with Crippen molar-refractivity contribution in [3.05, 3.63) is 40.9 Å². The van der Waals surface area contributed by atoms with Crippen molar-refractivity contribution < 1.29 is 4.79 Å². The van der Waals surface area contributed by atoms with Crippen LogP contribution in [0.1, 0.15) is 16.1 Å². The third-order valence-corrected chi connectivity index (χ3v) is 2.58. The molecule has 0 spiro atoms. The fourth-order valence-electron chi connectivity index (χ4n) is 1.27. The SMILES string of the molecule is NCc1ccccc1NC(=O)c1csnn1. The molecule has 0 radical (unpaired) electrons. The topological polar surface area (TPSA) is 80.9 Å². The van der Waals surface area contributed by atoms with Crippen LogP contribution in [0.5, 0.6) is 0 Å². The molecule has 0 aliphatic rings. The van der Waals surface area contributed by atoms with E-state index in [0.717, 1.165) is 17.1 Å². The number of carbonyl (C=O) groups is 1. The van der Waals surface area contributed by atoms with E-state index in [1.807, 2.05) is 18.2 Å². The van der Waals surface area contributed by atoms with Crippen LogP contribution in [0.25, 0.3) is 0 Å². The highest BCUT2D eigenvalue weighted by Gasteiger charge is 2.10. The zero-order valence-corrected chi connectivity index (χ0v) is 9.20. The average molecular weight is 234 g/mol. The van der Waals surface area contributed by atoms with Gasteiger partial charge >= 0.3 is 0 Å². The van der Waals surface area contributed by atoms with Crippen LogP contribution in [0.15, 0.2) is 29.6 Å². The number of para-hydroxylation sites is 1. The number of hydrogen-bond acceptors (Lipinski definition) is 5. The van der Waals surface area contributed by atoms with E-state index in [1.54, 1.807) is 11.4 Å². The monoisotopic (exact) mass is 234 g/mol. The maximum absolute atomic E-state index is 11.7. The molecular formula is C10H10N4OS. The Kier molecular flexibility index (Phi) is 3.23. The minimum absolute atomic E-state index is 0.269. The summed E-state index contributed by atoms with van der Waals surface area (Å²) in [7, 11) is 0. The number of aromatic nitrogens is 2. The molecule has 0 aliphatic heterocycles. The summed E-state index contributed by atoms with van der Waals surface area (Å²) in [6.45, 7) is 0.381. The summed E-state index contributed by atoms with van der Waals surface area (Å²) in [6, 6.07) is 7.39. The lowest BCUT2D eigenvalue weighted by molar-refractivity contribution is 0.102. The maximum atomic E-state index is 11.7. The molecule has 0 unspecified atom stereocenters. The van der Waals surface area contributed by atoms with Crippen molar-refractivity contribution in [2.75, 3.05) is 5.32 Å². The van der Waals surface area contributed by atoms with Crippen LogP contribution in [0.3, 0.4) is 0 Å². The number of nitrogens with one attached hydrogen (secondary N) is 1. The van der Waals surface area contributed by atoms with Gasteiger partial charge in [0, 0.05) is 17.6 Å². The van der Waals surface area contributed by atoms with E-state index in [0.29, 0.717) is 17.9 Å². The van der Waals surface area contributed by atoms with E-state index in [-0.39, 0.29) is 5.91 Å². The highest BCUT2D eigenvalue weighted by atomic mass is 32.1. The smallest absolute Gasteiger partial charge is 0.277 e. The van der Waals surface area contributed by atoms with Gasteiger partial charge in [0.05, 0.1) is 0 Å². The van der Waals surface area contributed by atoms with Crippen molar-refractivity contribution in [3.8, 4) is 0 Å². The number of hydrogen-bond donors (Lipinski definition) is 2. The maximum Gasteiger partial charge on any atom is 0.277 e. The minimum atomic E-state index is -0.269. The third-order valence-electron chi connectivity index (χ3n) is 2.08. The average Bonchev–Trinajstić information content (AvgIpc) is 2.83. The van der Waals surface area contributed by atoms with Gasteiger partial charge in [-0.3, -0.25) is 4.79 Å². The minimum Gasteiger partial charge on any atom is -0.326 e. The second kappa shape index (κ2) is 4.82. The lowest BCUT2D eigenvalue weighted by Gasteiger charge is -2.07. The highest BCUT2D eigenvalue weighted by molar-refractivity contribution is 7.03. The summed E-state index contributed by atoms with van der Waals surface area (Å²) in [5.41, 5.74) is 7.48.